The van der Waals surface area contributed by atoms with E-state index in [1.54, 1.807) is 19.2 Å². The Bertz CT molecular complexity index is 1430. The molecule has 40 heavy (non-hydrogen) atoms. The van der Waals surface area contributed by atoms with E-state index in [4.69, 9.17) is 0 Å². The van der Waals surface area contributed by atoms with E-state index in [9.17, 15) is 15.2 Å². The highest BCUT2D eigenvalue weighted by Crippen LogP contribution is 2.33. The van der Waals surface area contributed by atoms with Crippen molar-refractivity contribution in [1.82, 2.24) is 24.3 Å². The minimum absolute atomic E-state index is 0.158. The minimum Gasteiger partial charge on any atom is -0.392 e. The number of anilines is 1. The van der Waals surface area contributed by atoms with Gasteiger partial charge >= 0.3 is 5.69 Å². The molecule has 4 atom stereocenters. The molecule has 3 aromatic rings. The van der Waals surface area contributed by atoms with E-state index >= 15 is 0 Å². The molecule has 2 fully saturated rings. The molecule has 1 N–H and O–H groups in total. The van der Waals surface area contributed by atoms with Gasteiger partial charge in [0.2, 0.25) is 0 Å². The molecule has 2 aliphatic heterocycles. The predicted molar refractivity (Wildman–Crippen MR) is 157 cm³/mol. The molecule has 0 radical (unpaired) electrons. The molecule has 0 spiro atoms. The molecule has 0 amide bonds. The highest BCUT2D eigenvalue weighted by atomic mass is 16.3. The maximum atomic E-state index is 12.8. The van der Waals surface area contributed by atoms with E-state index in [1.165, 1.54) is 15.7 Å². The highest BCUT2D eigenvalue weighted by Gasteiger charge is 2.37. The summed E-state index contributed by atoms with van der Waals surface area (Å²) < 4.78 is 1.50. The summed E-state index contributed by atoms with van der Waals surface area (Å²) >= 11 is 0. The van der Waals surface area contributed by atoms with Gasteiger partial charge in [0.25, 0.3) is 0 Å². The van der Waals surface area contributed by atoms with Crippen molar-refractivity contribution < 1.29 is 5.11 Å². The van der Waals surface area contributed by atoms with Gasteiger partial charge in [0.1, 0.15) is 17.3 Å². The van der Waals surface area contributed by atoms with E-state index < -0.39 is 0 Å². The monoisotopic (exact) mass is 543 g/mol. The Morgan fingerprint density at radius 1 is 1.05 bits per heavy atom. The first-order valence-corrected chi connectivity index (χ1v) is 14.6. The van der Waals surface area contributed by atoms with E-state index in [2.05, 4.69) is 75.8 Å². The molecule has 9 nitrogen and oxygen atoms in total. The second-order valence-electron chi connectivity index (χ2n) is 11.4. The molecule has 9 heteroatoms. The number of hydrogen-bond donors (Lipinski definition) is 1. The Hall–Kier alpha value is -3.32. The topological polar surface area (TPSA) is 102 Å². The van der Waals surface area contributed by atoms with Crippen molar-refractivity contribution in [2.75, 3.05) is 31.1 Å². The molecule has 2 aromatic heterocycles. The third-order valence-electron chi connectivity index (χ3n) is 8.85. The van der Waals surface area contributed by atoms with Gasteiger partial charge in [0, 0.05) is 51.4 Å². The fraction of sp³-hybridized carbons (Fsp3) is 0.548. The lowest BCUT2D eigenvalue weighted by Crippen LogP contribution is -2.59. The first kappa shape index (κ1) is 28.2. The number of aliphatic hydroxyl groups excluding tert-OH is 1. The Kier molecular flexibility index (Phi) is 8.50. The summed E-state index contributed by atoms with van der Waals surface area (Å²) in [6.07, 6.45) is 3.61. The third kappa shape index (κ3) is 5.62. The number of aromatic nitrogens is 3. The average molecular weight is 544 g/mol. The van der Waals surface area contributed by atoms with Gasteiger partial charge in [-0.15, -0.1) is 0 Å². The van der Waals surface area contributed by atoms with Crippen LogP contribution in [0.3, 0.4) is 0 Å². The van der Waals surface area contributed by atoms with Gasteiger partial charge in [0.15, 0.2) is 5.82 Å². The van der Waals surface area contributed by atoms with Crippen LogP contribution in [-0.4, -0.2) is 73.8 Å². The average Bonchev–Trinajstić information content (AvgIpc) is 2.98. The number of benzene rings is 1. The van der Waals surface area contributed by atoms with Gasteiger partial charge in [-0.25, -0.2) is 9.78 Å². The maximum absolute atomic E-state index is 12.8. The van der Waals surface area contributed by atoms with Crippen LogP contribution in [0.5, 0.6) is 0 Å². The van der Waals surface area contributed by atoms with Crippen LogP contribution in [0.4, 0.5) is 5.82 Å². The van der Waals surface area contributed by atoms with Crippen molar-refractivity contribution in [3.05, 3.63) is 63.7 Å². The van der Waals surface area contributed by atoms with Gasteiger partial charge in [-0.1, -0.05) is 38.1 Å². The second kappa shape index (κ2) is 12.0. The summed E-state index contributed by atoms with van der Waals surface area (Å²) in [7, 11) is 1.70. The van der Waals surface area contributed by atoms with Gasteiger partial charge in [-0.05, 0) is 62.4 Å². The Labute approximate surface area is 236 Å². The summed E-state index contributed by atoms with van der Waals surface area (Å²) in [6, 6.07) is 15.2. The zero-order valence-corrected chi connectivity index (χ0v) is 24.1. The van der Waals surface area contributed by atoms with Crippen LogP contribution < -0.4 is 10.6 Å². The lowest BCUT2D eigenvalue weighted by Gasteiger charge is -2.49. The van der Waals surface area contributed by atoms with Crippen molar-refractivity contribution in [2.45, 2.75) is 77.2 Å². The molecule has 5 rings (SSSR count). The number of β-amino-alcohol motifs (C(OH)–C–C–N with tert-alkyl or cyclic N) is 1. The van der Waals surface area contributed by atoms with Crippen LogP contribution in [0.25, 0.3) is 11.0 Å². The smallest absolute Gasteiger partial charge is 0.349 e. The first-order valence-electron chi connectivity index (χ1n) is 14.6. The number of piperazine rings is 1. The summed E-state index contributed by atoms with van der Waals surface area (Å²) in [4.78, 5) is 29.1. The SMILES string of the molecule is CC[C@H]1CN(C(C)c2ccc(CN3CCC[C@@H](O)C3)cc2)[C@H](CC)CN1c1nc(=O)n(C)c2ccc(C#N)nc12. The summed E-state index contributed by atoms with van der Waals surface area (Å²) in [6.45, 7) is 10.9. The molecule has 4 heterocycles. The lowest BCUT2D eigenvalue weighted by molar-refractivity contribution is 0.0668. The maximum Gasteiger partial charge on any atom is 0.349 e. The zero-order chi connectivity index (χ0) is 28.4. The second-order valence-corrected chi connectivity index (χ2v) is 11.4. The van der Waals surface area contributed by atoms with Crippen LogP contribution in [-0.2, 0) is 13.6 Å². The first-order chi connectivity index (χ1) is 19.3. The van der Waals surface area contributed by atoms with Gasteiger partial charge in [-0.3, -0.25) is 14.4 Å². The summed E-state index contributed by atoms with van der Waals surface area (Å²) in [5, 5.41) is 19.5. The third-order valence-corrected chi connectivity index (χ3v) is 8.85. The summed E-state index contributed by atoms with van der Waals surface area (Å²) in [5.41, 5.74) is 3.87. The lowest BCUT2D eigenvalue weighted by atomic mass is 9.96. The minimum atomic E-state index is -0.313. The number of rotatable bonds is 7. The van der Waals surface area contributed by atoms with Gasteiger partial charge in [-0.2, -0.15) is 10.2 Å². The molecular weight excluding hydrogens is 502 g/mol. The van der Waals surface area contributed by atoms with Crippen molar-refractivity contribution in [2.24, 2.45) is 7.05 Å². The Morgan fingerprint density at radius 3 is 2.48 bits per heavy atom. The van der Waals surface area contributed by atoms with Crippen LogP contribution in [0.2, 0.25) is 0 Å². The molecule has 2 aliphatic rings. The number of aliphatic hydroxyl groups is 1. The quantitative estimate of drug-likeness (QED) is 0.483. The highest BCUT2D eigenvalue weighted by molar-refractivity contribution is 5.86. The van der Waals surface area contributed by atoms with E-state index in [0.717, 1.165) is 58.4 Å². The van der Waals surface area contributed by atoms with Crippen molar-refractivity contribution in [1.29, 1.82) is 5.26 Å². The van der Waals surface area contributed by atoms with Crippen LogP contribution >= 0.6 is 0 Å². The fourth-order valence-corrected chi connectivity index (χ4v) is 6.42. The zero-order valence-electron chi connectivity index (χ0n) is 24.1. The van der Waals surface area contributed by atoms with Gasteiger partial charge < -0.3 is 10.0 Å². The van der Waals surface area contributed by atoms with Crippen molar-refractivity contribution in [3.8, 4) is 6.07 Å². The molecule has 1 aromatic carbocycles. The Balaban J connectivity index is 1.38. The largest absolute Gasteiger partial charge is 0.392 e. The molecule has 2 saturated heterocycles. The van der Waals surface area contributed by atoms with E-state index in [1.807, 2.05) is 0 Å². The van der Waals surface area contributed by atoms with Gasteiger partial charge in [0.05, 0.1) is 11.6 Å². The molecular formula is C31H41N7O2. The number of likely N-dealkylation sites (tertiary alicyclic amines) is 1. The van der Waals surface area contributed by atoms with Crippen LogP contribution in [0.15, 0.2) is 41.2 Å². The van der Waals surface area contributed by atoms with E-state index in [0.29, 0.717) is 22.5 Å². The fourth-order valence-electron chi connectivity index (χ4n) is 6.42. The molecule has 212 valence electrons. The number of piperidine rings is 1. The van der Waals surface area contributed by atoms with E-state index in [-0.39, 0.29) is 29.9 Å². The number of nitriles is 1. The molecule has 0 aliphatic carbocycles. The Morgan fingerprint density at radius 2 is 1.80 bits per heavy atom. The van der Waals surface area contributed by atoms with Crippen LogP contribution in [0.1, 0.15) is 69.3 Å². The van der Waals surface area contributed by atoms with Crippen molar-refractivity contribution in [3.63, 3.8) is 0 Å². The normalized spacial score (nSPS) is 23.3. The number of hydrogen-bond acceptors (Lipinski definition) is 8. The predicted octanol–water partition coefficient (Wildman–Crippen LogP) is 3.60. The summed E-state index contributed by atoms with van der Waals surface area (Å²) in [5.74, 6) is 0.583. The number of aryl methyl sites for hydroxylation is 1. The standard InChI is InChI=1S/C31H41N7O2/c1-5-25-19-38(30-29-28(35(4)31(40)34-30)14-13-24(16-32)33-29)26(6-2)18-37(25)21(3)23-11-9-22(10-12-23)17-36-15-7-8-27(39)20-36/h9-14,21,25-27,39H,5-8,15,17-20H2,1-4H3/t21?,25-,26+,27-/m1/s1. The number of pyridine rings is 1. The molecule has 1 unspecified atom stereocenters. The molecule has 0 bridgehead atoms. The number of fused-ring (bicyclic) bond motifs is 1. The number of nitrogens with zero attached hydrogens (tertiary/aromatic N) is 7. The van der Waals surface area contributed by atoms with Crippen LogP contribution in [0, 0.1) is 11.3 Å². The van der Waals surface area contributed by atoms with Crippen molar-refractivity contribution >= 4 is 16.9 Å². The molecule has 0 saturated carbocycles.